The van der Waals surface area contributed by atoms with Gasteiger partial charge in [-0.25, -0.2) is 0 Å². The summed E-state index contributed by atoms with van der Waals surface area (Å²) in [7, 11) is 0. The molecule has 0 spiro atoms. The van der Waals surface area contributed by atoms with Gasteiger partial charge in [0.15, 0.2) is 0 Å². The second-order valence-electron chi connectivity index (χ2n) is 3.70. The van der Waals surface area contributed by atoms with Crippen molar-refractivity contribution in [2.75, 3.05) is 19.8 Å². The van der Waals surface area contributed by atoms with Crippen LogP contribution in [0.15, 0.2) is 0 Å². The summed E-state index contributed by atoms with van der Waals surface area (Å²) in [5, 5.41) is 11.2. The zero-order valence-electron chi connectivity index (χ0n) is 8.70. The number of rotatable bonds is 6. The van der Waals surface area contributed by atoms with Gasteiger partial charge in [-0.3, -0.25) is 9.59 Å². The van der Waals surface area contributed by atoms with Gasteiger partial charge in [0, 0.05) is 19.6 Å². The average Bonchev–Trinajstić information content (AvgIpc) is 2.69. The van der Waals surface area contributed by atoms with Crippen LogP contribution in [0.25, 0.3) is 0 Å². The van der Waals surface area contributed by atoms with Crippen LogP contribution < -0.4 is 5.32 Å². The summed E-state index contributed by atoms with van der Waals surface area (Å²) in [5.41, 5.74) is 0. The molecule has 86 valence electrons. The van der Waals surface area contributed by atoms with Crippen LogP contribution in [0.4, 0.5) is 0 Å². The molecule has 5 nitrogen and oxygen atoms in total. The molecule has 5 heteroatoms. The Labute approximate surface area is 88.8 Å². The standard InChI is InChI=1S/C10H17NO4/c12-9(13)3-1-2-5-11-10(14)8-4-6-15-7-8/h8H,1-7H2,(H,11,14)(H,12,13). The van der Waals surface area contributed by atoms with Crippen molar-refractivity contribution in [3.8, 4) is 0 Å². The molecule has 1 fully saturated rings. The fraction of sp³-hybridized carbons (Fsp3) is 0.800. The molecule has 1 atom stereocenters. The maximum atomic E-state index is 11.4. The Balaban J connectivity index is 1.99. The van der Waals surface area contributed by atoms with Gasteiger partial charge in [-0.05, 0) is 19.3 Å². The molecule has 1 rings (SSSR count). The minimum Gasteiger partial charge on any atom is -0.481 e. The van der Waals surface area contributed by atoms with Gasteiger partial charge in [-0.15, -0.1) is 0 Å². The number of carboxylic acids is 1. The molecule has 0 aromatic rings. The van der Waals surface area contributed by atoms with Crippen LogP contribution in [0.5, 0.6) is 0 Å². The summed E-state index contributed by atoms with van der Waals surface area (Å²) in [6.45, 7) is 1.74. The molecule has 0 saturated carbocycles. The Hall–Kier alpha value is -1.10. The molecule has 0 aliphatic carbocycles. The van der Waals surface area contributed by atoms with E-state index in [-0.39, 0.29) is 18.2 Å². The number of carbonyl (C=O) groups excluding carboxylic acids is 1. The fourth-order valence-corrected chi connectivity index (χ4v) is 1.50. The quantitative estimate of drug-likeness (QED) is 0.629. The second-order valence-corrected chi connectivity index (χ2v) is 3.70. The molecule has 0 aromatic carbocycles. The first-order valence-electron chi connectivity index (χ1n) is 5.27. The smallest absolute Gasteiger partial charge is 0.303 e. The highest BCUT2D eigenvalue weighted by Crippen LogP contribution is 2.11. The first kappa shape index (κ1) is 12.0. The molecule has 1 amide bonds. The lowest BCUT2D eigenvalue weighted by molar-refractivity contribution is -0.137. The van der Waals surface area contributed by atoms with Crippen molar-refractivity contribution in [2.45, 2.75) is 25.7 Å². The van der Waals surface area contributed by atoms with E-state index in [2.05, 4.69) is 5.32 Å². The van der Waals surface area contributed by atoms with Crippen molar-refractivity contribution in [3.63, 3.8) is 0 Å². The molecular weight excluding hydrogens is 198 g/mol. The van der Waals surface area contributed by atoms with E-state index < -0.39 is 5.97 Å². The van der Waals surface area contributed by atoms with Crippen LogP contribution in [0.2, 0.25) is 0 Å². The van der Waals surface area contributed by atoms with Crippen molar-refractivity contribution < 1.29 is 19.4 Å². The van der Waals surface area contributed by atoms with Crippen LogP contribution in [0, 0.1) is 5.92 Å². The summed E-state index contributed by atoms with van der Waals surface area (Å²) in [6.07, 6.45) is 2.28. The lowest BCUT2D eigenvalue weighted by Crippen LogP contribution is -2.31. The van der Waals surface area contributed by atoms with Gasteiger partial charge >= 0.3 is 5.97 Å². The van der Waals surface area contributed by atoms with Gasteiger partial charge in [-0.2, -0.15) is 0 Å². The Morgan fingerprint density at radius 1 is 1.40 bits per heavy atom. The van der Waals surface area contributed by atoms with Crippen LogP contribution >= 0.6 is 0 Å². The normalized spacial score (nSPS) is 20.1. The molecule has 1 aliphatic rings. The van der Waals surface area contributed by atoms with Crippen molar-refractivity contribution in [3.05, 3.63) is 0 Å². The lowest BCUT2D eigenvalue weighted by atomic mass is 10.1. The van der Waals surface area contributed by atoms with Crippen molar-refractivity contribution in [1.82, 2.24) is 5.32 Å². The Morgan fingerprint density at radius 2 is 2.20 bits per heavy atom. The number of nitrogens with one attached hydrogen (secondary N) is 1. The van der Waals surface area contributed by atoms with Gasteiger partial charge in [0.25, 0.3) is 0 Å². The minimum absolute atomic E-state index is 0.00975. The highest BCUT2D eigenvalue weighted by atomic mass is 16.5. The van der Waals surface area contributed by atoms with E-state index in [9.17, 15) is 9.59 Å². The summed E-state index contributed by atoms with van der Waals surface area (Å²) in [6, 6.07) is 0. The van der Waals surface area contributed by atoms with Crippen molar-refractivity contribution in [2.24, 2.45) is 5.92 Å². The summed E-state index contributed by atoms with van der Waals surface area (Å²) < 4.78 is 5.10. The van der Waals surface area contributed by atoms with E-state index in [0.717, 1.165) is 6.42 Å². The number of amides is 1. The number of ether oxygens (including phenoxy) is 1. The number of hydrogen-bond acceptors (Lipinski definition) is 3. The fourth-order valence-electron chi connectivity index (χ4n) is 1.50. The Bertz CT molecular complexity index is 223. The van der Waals surface area contributed by atoms with Crippen LogP contribution in [0.3, 0.4) is 0 Å². The van der Waals surface area contributed by atoms with E-state index in [0.29, 0.717) is 32.6 Å². The molecule has 0 bridgehead atoms. The zero-order valence-corrected chi connectivity index (χ0v) is 8.70. The van der Waals surface area contributed by atoms with Gasteiger partial charge < -0.3 is 15.2 Å². The maximum Gasteiger partial charge on any atom is 0.303 e. The van der Waals surface area contributed by atoms with E-state index in [1.165, 1.54) is 0 Å². The van der Waals surface area contributed by atoms with Gasteiger partial charge in [-0.1, -0.05) is 0 Å². The molecule has 1 unspecified atom stereocenters. The molecule has 2 N–H and O–H groups in total. The lowest BCUT2D eigenvalue weighted by Gasteiger charge is -2.08. The number of hydrogen-bond donors (Lipinski definition) is 2. The van der Waals surface area contributed by atoms with Crippen LogP contribution in [-0.2, 0) is 14.3 Å². The minimum atomic E-state index is -0.787. The SMILES string of the molecule is O=C(O)CCCCNC(=O)C1CCOC1. The second kappa shape index (κ2) is 6.40. The van der Waals surface area contributed by atoms with Crippen molar-refractivity contribution >= 4 is 11.9 Å². The zero-order chi connectivity index (χ0) is 11.1. The van der Waals surface area contributed by atoms with Gasteiger partial charge in [0.05, 0.1) is 12.5 Å². The highest BCUT2D eigenvalue weighted by Gasteiger charge is 2.22. The Morgan fingerprint density at radius 3 is 2.80 bits per heavy atom. The predicted molar refractivity (Wildman–Crippen MR) is 53.4 cm³/mol. The van der Waals surface area contributed by atoms with E-state index in [4.69, 9.17) is 9.84 Å². The van der Waals surface area contributed by atoms with Crippen LogP contribution in [-0.4, -0.2) is 36.7 Å². The molecule has 15 heavy (non-hydrogen) atoms. The van der Waals surface area contributed by atoms with Gasteiger partial charge in [0.2, 0.25) is 5.91 Å². The van der Waals surface area contributed by atoms with Gasteiger partial charge in [0.1, 0.15) is 0 Å². The molecular formula is C10H17NO4. The third-order valence-corrected chi connectivity index (χ3v) is 2.42. The van der Waals surface area contributed by atoms with E-state index in [1.807, 2.05) is 0 Å². The third kappa shape index (κ3) is 4.78. The number of carboxylic acid groups (broad SMARTS) is 1. The number of unbranched alkanes of at least 4 members (excludes halogenated alkanes) is 1. The molecule has 1 heterocycles. The Kier molecular flexibility index (Phi) is 5.10. The molecule has 1 saturated heterocycles. The summed E-state index contributed by atoms with van der Waals surface area (Å²) in [5.74, 6) is -0.766. The topological polar surface area (TPSA) is 75.6 Å². The molecule has 1 aliphatic heterocycles. The van der Waals surface area contributed by atoms with E-state index in [1.54, 1.807) is 0 Å². The average molecular weight is 215 g/mol. The summed E-state index contributed by atoms with van der Waals surface area (Å²) >= 11 is 0. The number of aliphatic carboxylic acids is 1. The predicted octanol–water partition coefficient (Wildman–Crippen LogP) is 0.394. The monoisotopic (exact) mass is 215 g/mol. The molecule has 0 radical (unpaired) electrons. The highest BCUT2D eigenvalue weighted by molar-refractivity contribution is 5.78. The summed E-state index contributed by atoms with van der Waals surface area (Å²) in [4.78, 5) is 21.6. The van der Waals surface area contributed by atoms with E-state index >= 15 is 0 Å². The number of carbonyl (C=O) groups is 2. The van der Waals surface area contributed by atoms with Crippen LogP contribution in [0.1, 0.15) is 25.7 Å². The first-order valence-corrected chi connectivity index (χ1v) is 5.27. The maximum absolute atomic E-state index is 11.4. The first-order chi connectivity index (χ1) is 7.20. The largest absolute Gasteiger partial charge is 0.481 e. The third-order valence-electron chi connectivity index (χ3n) is 2.42. The molecule has 0 aromatic heterocycles. The van der Waals surface area contributed by atoms with Crippen molar-refractivity contribution in [1.29, 1.82) is 0 Å².